The van der Waals surface area contributed by atoms with E-state index in [-0.39, 0.29) is 0 Å². The van der Waals surface area contributed by atoms with Gasteiger partial charge in [-0.15, -0.1) is 0 Å². The molecule has 0 saturated carbocycles. The van der Waals surface area contributed by atoms with E-state index in [1.807, 2.05) is 0 Å². The average molecular weight is 312 g/mol. The highest BCUT2D eigenvalue weighted by atomic mass is 15.1. The lowest BCUT2D eigenvalue weighted by Crippen LogP contribution is -2.32. The first-order chi connectivity index (χ1) is 11.9. The first-order valence-electron chi connectivity index (χ1n) is 8.31. The fourth-order valence-corrected chi connectivity index (χ4v) is 3.25. The van der Waals surface area contributed by atoms with Crippen molar-refractivity contribution in [2.75, 3.05) is 13.2 Å². The van der Waals surface area contributed by atoms with Gasteiger partial charge in [0.15, 0.2) is 0 Å². The molecule has 0 spiro atoms. The highest BCUT2D eigenvalue weighted by Gasteiger charge is 2.14. The number of benzene rings is 3. The lowest BCUT2D eigenvalue weighted by Gasteiger charge is -2.20. The largest absolute Gasteiger partial charge is 0.378 e. The van der Waals surface area contributed by atoms with Gasteiger partial charge < -0.3 is 5.32 Å². The second kappa shape index (κ2) is 6.73. The van der Waals surface area contributed by atoms with E-state index in [1.54, 1.807) is 0 Å². The highest BCUT2D eigenvalue weighted by molar-refractivity contribution is 5.90. The molecule has 2 heteroatoms. The summed E-state index contributed by atoms with van der Waals surface area (Å²) in [5.74, 6) is 0. The van der Waals surface area contributed by atoms with E-state index in [1.165, 1.54) is 33.4 Å². The van der Waals surface area contributed by atoms with Gasteiger partial charge in [-0.25, -0.2) is 0 Å². The van der Waals surface area contributed by atoms with E-state index >= 15 is 0 Å². The van der Waals surface area contributed by atoms with E-state index in [0.29, 0.717) is 0 Å². The van der Waals surface area contributed by atoms with Crippen LogP contribution < -0.4 is 10.6 Å². The quantitative estimate of drug-likeness (QED) is 0.743. The van der Waals surface area contributed by atoms with Crippen LogP contribution in [0.2, 0.25) is 0 Å². The van der Waals surface area contributed by atoms with Crippen molar-refractivity contribution in [1.29, 1.82) is 0 Å². The van der Waals surface area contributed by atoms with Gasteiger partial charge in [0.2, 0.25) is 0 Å². The molecule has 0 amide bonds. The third-order valence-corrected chi connectivity index (χ3v) is 4.39. The Kier molecular flexibility index (Phi) is 4.13. The Balaban J connectivity index is 1.88. The summed E-state index contributed by atoms with van der Waals surface area (Å²) in [4.78, 5) is 0. The molecule has 2 N–H and O–H groups in total. The molecule has 0 saturated heterocycles. The molecule has 1 heterocycles. The Morgan fingerprint density at radius 2 is 1.17 bits per heavy atom. The minimum absolute atomic E-state index is 0.826. The molecule has 0 aliphatic carbocycles. The second-order valence-electron chi connectivity index (χ2n) is 5.93. The topological polar surface area (TPSA) is 24.1 Å². The number of hydrogen-bond acceptors (Lipinski definition) is 2. The first kappa shape index (κ1) is 14.7. The summed E-state index contributed by atoms with van der Waals surface area (Å²) in [5.41, 5.74) is 7.62. The minimum Gasteiger partial charge on any atom is -0.378 e. The normalized spacial score (nSPS) is 13.9. The van der Waals surface area contributed by atoms with Gasteiger partial charge in [-0.2, -0.15) is 0 Å². The maximum Gasteiger partial charge on any atom is 0.0650 e. The zero-order valence-corrected chi connectivity index (χ0v) is 13.5. The van der Waals surface area contributed by atoms with Gasteiger partial charge in [-0.05, 0) is 33.4 Å². The van der Waals surface area contributed by atoms with Crippen molar-refractivity contribution in [1.82, 2.24) is 10.6 Å². The summed E-state index contributed by atoms with van der Waals surface area (Å²) in [6, 6.07) is 27.9. The monoisotopic (exact) mass is 312 g/mol. The third kappa shape index (κ3) is 2.84. The van der Waals surface area contributed by atoms with Crippen LogP contribution in [-0.2, 0) is 0 Å². The summed E-state index contributed by atoms with van der Waals surface area (Å²) in [6.07, 6.45) is 2.13. The van der Waals surface area contributed by atoms with E-state index in [4.69, 9.17) is 0 Å². The van der Waals surface area contributed by atoms with Crippen LogP contribution in [0.4, 0.5) is 0 Å². The van der Waals surface area contributed by atoms with Crippen molar-refractivity contribution >= 4 is 5.57 Å². The van der Waals surface area contributed by atoms with Crippen LogP contribution in [0.25, 0.3) is 27.8 Å². The van der Waals surface area contributed by atoms with Crippen LogP contribution in [0.15, 0.2) is 85.1 Å². The molecule has 24 heavy (non-hydrogen) atoms. The van der Waals surface area contributed by atoms with Crippen LogP contribution in [0, 0.1) is 0 Å². The van der Waals surface area contributed by atoms with Crippen molar-refractivity contribution < 1.29 is 0 Å². The maximum atomic E-state index is 3.38. The Morgan fingerprint density at radius 1 is 0.583 bits per heavy atom. The first-order valence-corrected chi connectivity index (χ1v) is 8.31. The Morgan fingerprint density at radius 3 is 1.83 bits per heavy atom. The molecule has 0 fully saturated rings. The van der Waals surface area contributed by atoms with E-state index in [2.05, 4.69) is 95.7 Å². The van der Waals surface area contributed by atoms with Gasteiger partial charge >= 0.3 is 0 Å². The fraction of sp³-hybridized carbons (Fsp3) is 0.0909. The van der Waals surface area contributed by atoms with Gasteiger partial charge in [0.1, 0.15) is 0 Å². The highest BCUT2D eigenvalue weighted by Crippen LogP contribution is 2.36. The SMILES string of the molecule is C1=C(c2ccccc2-c2ccccc2-c2ccccc2)CNCN1. The van der Waals surface area contributed by atoms with Crippen LogP contribution in [0.5, 0.6) is 0 Å². The molecule has 118 valence electrons. The van der Waals surface area contributed by atoms with E-state index in [0.717, 1.165) is 13.2 Å². The predicted octanol–water partition coefficient (Wildman–Crippen LogP) is 4.51. The summed E-state index contributed by atoms with van der Waals surface area (Å²) in [5, 5.41) is 6.66. The Labute approximate surface area is 142 Å². The molecule has 2 nitrogen and oxygen atoms in total. The van der Waals surface area contributed by atoms with Crippen LogP contribution in [-0.4, -0.2) is 13.2 Å². The second-order valence-corrected chi connectivity index (χ2v) is 5.93. The third-order valence-electron chi connectivity index (χ3n) is 4.39. The van der Waals surface area contributed by atoms with Crippen molar-refractivity contribution in [3.8, 4) is 22.3 Å². The molecule has 1 aliphatic rings. The molecule has 0 aromatic heterocycles. The molecule has 0 atom stereocenters. The van der Waals surface area contributed by atoms with Gasteiger partial charge in [0, 0.05) is 12.7 Å². The van der Waals surface area contributed by atoms with Crippen molar-refractivity contribution in [3.05, 3.63) is 90.6 Å². The van der Waals surface area contributed by atoms with Crippen molar-refractivity contribution in [2.24, 2.45) is 0 Å². The summed E-state index contributed by atoms with van der Waals surface area (Å²) in [7, 11) is 0. The fourth-order valence-electron chi connectivity index (χ4n) is 3.25. The van der Waals surface area contributed by atoms with Gasteiger partial charge in [0.05, 0.1) is 6.67 Å². The van der Waals surface area contributed by atoms with Crippen LogP contribution in [0.1, 0.15) is 5.56 Å². The zero-order valence-electron chi connectivity index (χ0n) is 13.5. The Hall–Kier alpha value is -2.84. The molecule has 3 aromatic rings. The lowest BCUT2D eigenvalue weighted by atomic mass is 9.89. The average Bonchev–Trinajstić information content (AvgIpc) is 2.69. The summed E-state index contributed by atoms with van der Waals surface area (Å²) < 4.78 is 0. The number of hydrogen-bond donors (Lipinski definition) is 2. The number of nitrogens with one attached hydrogen (secondary N) is 2. The minimum atomic E-state index is 0.826. The van der Waals surface area contributed by atoms with Crippen molar-refractivity contribution in [3.63, 3.8) is 0 Å². The summed E-state index contributed by atoms with van der Waals surface area (Å²) >= 11 is 0. The predicted molar refractivity (Wildman–Crippen MR) is 101 cm³/mol. The zero-order chi connectivity index (χ0) is 16.2. The van der Waals surface area contributed by atoms with Crippen molar-refractivity contribution in [2.45, 2.75) is 0 Å². The molecule has 1 aliphatic heterocycles. The molecule has 3 aromatic carbocycles. The smallest absolute Gasteiger partial charge is 0.0650 e. The van der Waals surface area contributed by atoms with Gasteiger partial charge in [0.25, 0.3) is 0 Å². The number of rotatable bonds is 3. The molecule has 0 bridgehead atoms. The van der Waals surface area contributed by atoms with E-state index in [9.17, 15) is 0 Å². The summed E-state index contributed by atoms with van der Waals surface area (Å²) in [6.45, 7) is 1.71. The lowest BCUT2D eigenvalue weighted by molar-refractivity contribution is 0.678. The molecule has 4 rings (SSSR count). The van der Waals surface area contributed by atoms with Gasteiger partial charge in [-0.3, -0.25) is 5.32 Å². The van der Waals surface area contributed by atoms with Gasteiger partial charge in [-0.1, -0.05) is 78.9 Å². The standard InChI is InChI=1S/C22H20N2/c1-2-8-17(9-3-1)19-10-4-6-12-21(19)22-13-7-5-11-20(22)18-14-23-16-24-15-18/h1-14,23-24H,15-16H2. The maximum absolute atomic E-state index is 3.38. The van der Waals surface area contributed by atoms with Crippen LogP contribution >= 0.6 is 0 Å². The molecule has 0 unspecified atom stereocenters. The molecular weight excluding hydrogens is 292 g/mol. The van der Waals surface area contributed by atoms with E-state index < -0.39 is 0 Å². The Bertz CT molecular complexity index is 866. The van der Waals surface area contributed by atoms with Crippen LogP contribution in [0.3, 0.4) is 0 Å². The molecule has 0 radical (unpaired) electrons. The molecular formula is C22H20N2.